The number of halogens is 2. The SMILES string of the molecule is Cc1cc(-c2nnn(Cc3noc(-c4ccccc4Cl)n3)n2)ccc1F. The summed E-state index contributed by atoms with van der Waals surface area (Å²) in [7, 11) is 0. The van der Waals surface area contributed by atoms with Gasteiger partial charge >= 0.3 is 0 Å². The molecule has 0 saturated carbocycles. The van der Waals surface area contributed by atoms with Crippen LogP contribution in [0.3, 0.4) is 0 Å². The summed E-state index contributed by atoms with van der Waals surface area (Å²) in [5.74, 6) is 0.821. The number of hydrogen-bond donors (Lipinski definition) is 0. The molecule has 4 rings (SSSR count). The highest BCUT2D eigenvalue weighted by molar-refractivity contribution is 6.33. The summed E-state index contributed by atoms with van der Waals surface area (Å²) in [5, 5.41) is 16.7. The largest absolute Gasteiger partial charge is 0.334 e. The molecule has 0 amide bonds. The maximum atomic E-state index is 13.4. The van der Waals surface area contributed by atoms with E-state index in [-0.39, 0.29) is 12.4 Å². The van der Waals surface area contributed by atoms with E-state index in [2.05, 4.69) is 25.6 Å². The molecule has 0 unspecified atom stereocenters. The molecule has 0 atom stereocenters. The third kappa shape index (κ3) is 3.18. The van der Waals surface area contributed by atoms with Crippen molar-refractivity contribution in [3.05, 3.63) is 64.7 Å². The van der Waals surface area contributed by atoms with Gasteiger partial charge in [-0.1, -0.05) is 28.9 Å². The number of tetrazole rings is 1. The van der Waals surface area contributed by atoms with Gasteiger partial charge in [0, 0.05) is 5.56 Å². The van der Waals surface area contributed by atoms with E-state index in [1.165, 1.54) is 10.9 Å². The van der Waals surface area contributed by atoms with Gasteiger partial charge in [0.25, 0.3) is 5.89 Å². The van der Waals surface area contributed by atoms with Crippen LogP contribution in [-0.2, 0) is 6.54 Å². The third-order valence-electron chi connectivity index (χ3n) is 3.72. The molecule has 9 heteroatoms. The summed E-state index contributed by atoms with van der Waals surface area (Å²) < 4.78 is 18.6. The summed E-state index contributed by atoms with van der Waals surface area (Å²) in [6, 6.07) is 11.8. The fourth-order valence-electron chi connectivity index (χ4n) is 2.40. The second-order valence-corrected chi connectivity index (χ2v) is 6.01. The predicted molar refractivity (Wildman–Crippen MR) is 91.8 cm³/mol. The predicted octanol–water partition coefficient (Wildman–Crippen LogP) is 3.54. The molecule has 26 heavy (non-hydrogen) atoms. The summed E-state index contributed by atoms with van der Waals surface area (Å²) >= 11 is 6.13. The summed E-state index contributed by atoms with van der Waals surface area (Å²) in [4.78, 5) is 5.65. The van der Waals surface area contributed by atoms with Gasteiger partial charge in [-0.3, -0.25) is 0 Å². The molecule has 7 nitrogen and oxygen atoms in total. The Bertz CT molecular complexity index is 1080. The van der Waals surface area contributed by atoms with Crippen molar-refractivity contribution in [2.75, 3.05) is 0 Å². The summed E-state index contributed by atoms with van der Waals surface area (Å²) in [5.41, 5.74) is 1.85. The number of hydrogen-bond acceptors (Lipinski definition) is 6. The lowest BCUT2D eigenvalue weighted by Gasteiger charge is -1.98. The van der Waals surface area contributed by atoms with Crippen LogP contribution in [0.5, 0.6) is 0 Å². The molecule has 0 N–H and O–H groups in total. The average Bonchev–Trinajstić information content (AvgIpc) is 3.28. The molecule has 0 aliphatic carbocycles. The van der Waals surface area contributed by atoms with Crippen LogP contribution in [0, 0.1) is 12.7 Å². The van der Waals surface area contributed by atoms with Gasteiger partial charge in [-0.05, 0) is 48.0 Å². The molecule has 0 aliphatic heterocycles. The van der Waals surface area contributed by atoms with E-state index in [4.69, 9.17) is 16.1 Å². The first-order valence-corrected chi connectivity index (χ1v) is 8.10. The zero-order chi connectivity index (χ0) is 18.1. The highest BCUT2D eigenvalue weighted by atomic mass is 35.5. The molecule has 4 aromatic rings. The molecule has 0 spiro atoms. The fraction of sp³-hybridized carbons (Fsp3) is 0.118. The minimum atomic E-state index is -0.278. The summed E-state index contributed by atoms with van der Waals surface area (Å²) in [6.45, 7) is 1.86. The summed E-state index contributed by atoms with van der Waals surface area (Å²) in [6.07, 6.45) is 0. The topological polar surface area (TPSA) is 82.5 Å². The van der Waals surface area contributed by atoms with Gasteiger partial charge in [0.2, 0.25) is 5.82 Å². The zero-order valence-electron chi connectivity index (χ0n) is 13.6. The molecule has 2 aromatic carbocycles. The molecule has 0 bridgehead atoms. The number of rotatable bonds is 4. The molecule has 0 aliphatic rings. The molecular formula is C17H12ClFN6O. The van der Waals surface area contributed by atoms with Gasteiger partial charge in [0.05, 0.1) is 10.6 Å². The van der Waals surface area contributed by atoms with E-state index < -0.39 is 0 Å². The van der Waals surface area contributed by atoms with Gasteiger partial charge in [-0.2, -0.15) is 9.78 Å². The van der Waals surface area contributed by atoms with Crippen LogP contribution in [0.2, 0.25) is 5.02 Å². The van der Waals surface area contributed by atoms with Gasteiger partial charge in [0.15, 0.2) is 5.82 Å². The molecule has 0 fully saturated rings. The maximum Gasteiger partial charge on any atom is 0.259 e. The number of aromatic nitrogens is 6. The Morgan fingerprint density at radius 3 is 2.85 bits per heavy atom. The number of aryl methyl sites for hydroxylation is 1. The van der Waals surface area contributed by atoms with E-state index in [1.807, 2.05) is 12.1 Å². The molecular weight excluding hydrogens is 359 g/mol. The number of benzene rings is 2. The molecule has 0 saturated heterocycles. The quantitative estimate of drug-likeness (QED) is 0.546. The van der Waals surface area contributed by atoms with Crippen molar-refractivity contribution < 1.29 is 8.91 Å². The van der Waals surface area contributed by atoms with E-state index in [1.54, 1.807) is 31.2 Å². The van der Waals surface area contributed by atoms with Crippen LogP contribution >= 0.6 is 11.6 Å². The minimum absolute atomic E-state index is 0.182. The van der Waals surface area contributed by atoms with Gasteiger partial charge < -0.3 is 4.52 Å². The Morgan fingerprint density at radius 2 is 2.04 bits per heavy atom. The van der Waals surface area contributed by atoms with Gasteiger partial charge in [-0.15, -0.1) is 10.2 Å². The second kappa shape index (κ2) is 6.64. The monoisotopic (exact) mass is 370 g/mol. The standard InChI is InChI=1S/C17H12ClFN6O/c1-10-8-11(6-7-14(10)19)16-21-24-25(22-16)9-15-20-17(26-23-15)12-4-2-3-5-13(12)18/h2-8H,9H2,1H3. The van der Waals surface area contributed by atoms with Gasteiger partial charge in [-0.25, -0.2) is 4.39 Å². The average molecular weight is 371 g/mol. The zero-order valence-corrected chi connectivity index (χ0v) is 14.4. The Kier molecular flexibility index (Phi) is 4.18. The Hall–Kier alpha value is -3.13. The second-order valence-electron chi connectivity index (χ2n) is 5.60. The van der Waals surface area contributed by atoms with Crippen LogP contribution in [0.25, 0.3) is 22.8 Å². The van der Waals surface area contributed by atoms with Crippen molar-refractivity contribution in [1.82, 2.24) is 30.3 Å². The van der Waals surface area contributed by atoms with E-state index >= 15 is 0 Å². The van der Waals surface area contributed by atoms with Crippen molar-refractivity contribution >= 4 is 11.6 Å². The third-order valence-corrected chi connectivity index (χ3v) is 4.05. The first kappa shape index (κ1) is 16.3. The first-order valence-electron chi connectivity index (χ1n) is 7.72. The van der Waals surface area contributed by atoms with E-state index in [9.17, 15) is 4.39 Å². The lowest BCUT2D eigenvalue weighted by Crippen LogP contribution is -2.05. The molecule has 0 radical (unpaired) electrons. The lowest BCUT2D eigenvalue weighted by molar-refractivity contribution is 0.415. The van der Waals surface area contributed by atoms with Crippen LogP contribution < -0.4 is 0 Å². The number of nitrogens with zero attached hydrogens (tertiary/aromatic N) is 6. The molecule has 2 heterocycles. The van der Waals surface area contributed by atoms with Crippen molar-refractivity contribution in [2.24, 2.45) is 0 Å². The normalized spacial score (nSPS) is 11.0. The van der Waals surface area contributed by atoms with Crippen LogP contribution in [0.1, 0.15) is 11.4 Å². The maximum absolute atomic E-state index is 13.4. The van der Waals surface area contributed by atoms with Crippen molar-refractivity contribution in [2.45, 2.75) is 13.5 Å². The van der Waals surface area contributed by atoms with Crippen molar-refractivity contribution in [1.29, 1.82) is 0 Å². The first-order chi connectivity index (χ1) is 12.6. The highest BCUT2D eigenvalue weighted by Gasteiger charge is 2.14. The highest BCUT2D eigenvalue weighted by Crippen LogP contribution is 2.26. The van der Waals surface area contributed by atoms with Gasteiger partial charge in [0.1, 0.15) is 12.4 Å². The van der Waals surface area contributed by atoms with E-state index in [0.717, 1.165) is 0 Å². The van der Waals surface area contributed by atoms with E-state index in [0.29, 0.717) is 39.3 Å². The Labute approximate surface area is 152 Å². The molecule has 2 aromatic heterocycles. The Morgan fingerprint density at radius 1 is 1.19 bits per heavy atom. The molecule has 130 valence electrons. The van der Waals surface area contributed by atoms with Crippen molar-refractivity contribution in [3.8, 4) is 22.8 Å². The minimum Gasteiger partial charge on any atom is -0.334 e. The van der Waals surface area contributed by atoms with Crippen LogP contribution in [0.4, 0.5) is 4.39 Å². The Balaban J connectivity index is 1.55. The lowest BCUT2D eigenvalue weighted by atomic mass is 10.1. The van der Waals surface area contributed by atoms with Crippen molar-refractivity contribution in [3.63, 3.8) is 0 Å². The van der Waals surface area contributed by atoms with Crippen LogP contribution in [-0.4, -0.2) is 30.3 Å². The van der Waals surface area contributed by atoms with Crippen LogP contribution in [0.15, 0.2) is 47.0 Å². The smallest absolute Gasteiger partial charge is 0.259 e. The fourth-order valence-corrected chi connectivity index (χ4v) is 2.61.